The van der Waals surface area contributed by atoms with Gasteiger partial charge < -0.3 is 0 Å². The van der Waals surface area contributed by atoms with Crippen LogP contribution in [0.4, 0.5) is 0 Å². The molecule has 0 saturated heterocycles. The minimum absolute atomic E-state index is 0.261. The van der Waals surface area contributed by atoms with Crippen LogP contribution in [0.1, 0.15) is 45.7 Å². The molecule has 5 rings (SSSR count). The van der Waals surface area contributed by atoms with Crippen LogP contribution >= 0.6 is 0 Å². The average molecular weight is 499 g/mol. The van der Waals surface area contributed by atoms with E-state index in [-0.39, 0.29) is 11.8 Å². The van der Waals surface area contributed by atoms with E-state index >= 15 is 0 Å². The summed E-state index contributed by atoms with van der Waals surface area (Å²) in [6.45, 7) is 3.67. The Balaban J connectivity index is 1.25. The van der Waals surface area contributed by atoms with Gasteiger partial charge in [-0.2, -0.15) is 10.2 Å². The standard InChI is InChI=1S/C32H26N4O2/c1-21(33-35-31(37)29-15-7-11-25-9-3-5-13-27(25)29)23-17-19-24(20-18-23)22(2)34-36-32(38)30-16-8-12-26-10-4-6-14-28(26)30/h3-20H,1-2H3,(H,35,37)(H,36,38)/b33-21-,34-22-. The Morgan fingerprint density at radius 1 is 0.500 bits per heavy atom. The maximum atomic E-state index is 12.8. The van der Waals surface area contributed by atoms with Gasteiger partial charge in [-0.1, -0.05) is 97.1 Å². The van der Waals surface area contributed by atoms with Crippen LogP contribution < -0.4 is 10.9 Å². The summed E-state index contributed by atoms with van der Waals surface area (Å²) < 4.78 is 0. The number of nitrogens with zero attached hydrogens (tertiary/aromatic N) is 2. The van der Waals surface area contributed by atoms with E-state index < -0.39 is 0 Å². The minimum Gasteiger partial charge on any atom is -0.267 e. The lowest BCUT2D eigenvalue weighted by Crippen LogP contribution is -2.20. The Morgan fingerprint density at radius 3 is 1.29 bits per heavy atom. The van der Waals surface area contributed by atoms with Gasteiger partial charge in [-0.15, -0.1) is 0 Å². The van der Waals surface area contributed by atoms with E-state index in [9.17, 15) is 9.59 Å². The first kappa shape index (κ1) is 24.6. The molecule has 5 aromatic rings. The topological polar surface area (TPSA) is 82.9 Å². The number of rotatable bonds is 6. The Labute approximate surface area is 220 Å². The van der Waals surface area contributed by atoms with Gasteiger partial charge in [-0.25, -0.2) is 10.9 Å². The highest BCUT2D eigenvalue weighted by atomic mass is 16.2. The molecule has 6 nitrogen and oxygen atoms in total. The van der Waals surface area contributed by atoms with Crippen LogP contribution in [0.25, 0.3) is 21.5 Å². The fraction of sp³-hybridized carbons (Fsp3) is 0.0625. The maximum absolute atomic E-state index is 12.8. The van der Waals surface area contributed by atoms with Crippen LogP contribution in [0.5, 0.6) is 0 Å². The van der Waals surface area contributed by atoms with Gasteiger partial charge in [0.25, 0.3) is 11.8 Å². The summed E-state index contributed by atoms with van der Waals surface area (Å²) in [7, 11) is 0. The molecule has 2 amide bonds. The highest BCUT2D eigenvalue weighted by molar-refractivity contribution is 6.09. The van der Waals surface area contributed by atoms with Gasteiger partial charge in [0.2, 0.25) is 0 Å². The van der Waals surface area contributed by atoms with Gasteiger partial charge in [-0.05, 0) is 58.7 Å². The molecule has 0 aliphatic rings. The van der Waals surface area contributed by atoms with E-state index in [0.29, 0.717) is 22.6 Å². The first-order chi connectivity index (χ1) is 18.5. The first-order valence-electron chi connectivity index (χ1n) is 12.3. The Bertz CT molecular complexity index is 1580. The second kappa shape index (κ2) is 10.9. The second-order valence-electron chi connectivity index (χ2n) is 8.91. The zero-order valence-corrected chi connectivity index (χ0v) is 21.1. The smallest absolute Gasteiger partial charge is 0.267 e. The predicted octanol–water partition coefficient (Wildman–Crippen LogP) is 6.30. The quantitative estimate of drug-likeness (QED) is 0.213. The lowest BCUT2D eigenvalue weighted by Gasteiger charge is -2.08. The molecule has 38 heavy (non-hydrogen) atoms. The molecule has 0 aliphatic heterocycles. The van der Waals surface area contributed by atoms with Crippen molar-refractivity contribution >= 4 is 44.8 Å². The minimum atomic E-state index is -0.261. The van der Waals surface area contributed by atoms with Crippen molar-refractivity contribution in [2.24, 2.45) is 10.2 Å². The molecule has 0 radical (unpaired) electrons. The molecule has 0 aromatic heterocycles. The Morgan fingerprint density at radius 2 is 0.868 bits per heavy atom. The third kappa shape index (κ3) is 5.20. The number of fused-ring (bicyclic) bond motifs is 2. The number of nitrogens with one attached hydrogen (secondary N) is 2. The summed E-state index contributed by atoms with van der Waals surface area (Å²) in [4.78, 5) is 25.5. The van der Waals surface area contributed by atoms with Crippen LogP contribution in [0, 0.1) is 0 Å². The van der Waals surface area contributed by atoms with E-state index in [1.54, 1.807) is 12.1 Å². The van der Waals surface area contributed by atoms with Crippen molar-refractivity contribution in [3.63, 3.8) is 0 Å². The molecule has 2 N–H and O–H groups in total. The highest BCUT2D eigenvalue weighted by Gasteiger charge is 2.11. The van der Waals surface area contributed by atoms with Gasteiger partial charge in [0, 0.05) is 11.1 Å². The molecule has 0 spiro atoms. The second-order valence-corrected chi connectivity index (χ2v) is 8.91. The molecule has 0 saturated carbocycles. The Kier molecular flexibility index (Phi) is 7.04. The number of amides is 2. The van der Waals surface area contributed by atoms with Gasteiger partial charge in [0.1, 0.15) is 0 Å². The largest absolute Gasteiger partial charge is 0.272 e. The molecular weight excluding hydrogens is 472 g/mol. The van der Waals surface area contributed by atoms with E-state index in [2.05, 4.69) is 21.1 Å². The summed E-state index contributed by atoms with van der Waals surface area (Å²) in [6, 6.07) is 34.4. The maximum Gasteiger partial charge on any atom is 0.272 e. The monoisotopic (exact) mass is 498 g/mol. The number of hydrogen-bond donors (Lipinski definition) is 2. The molecule has 0 atom stereocenters. The number of carbonyl (C=O) groups excluding carboxylic acids is 2. The number of carbonyl (C=O) groups is 2. The molecule has 5 aromatic carbocycles. The summed E-state index contributed by atoms with van der Waals surface area (Å²) in [6.07, 6.45) is 0. The molecular formula is C32H26N4O2. The van der Waals surface area contributed by atoms with Gasteiger partial charge in [0.05, 0.1) is 11.4 Å². The molecule has 0 unspecified atom stereocenters. The van der Waals surface area contributed by atoms with Crippen molar-refractivity contribution in [3.8, 4) is 0 Å². The third-order valence-corrected chi connectivity index (χ3v) is 6.44. The lowest BCUT2D eigenvalue weighted by atomic mass is 10.0. The molecule has 0 aliphatic carbocycles. The van der Waals surface area contributed by atoms with Crippen molar-refractivity contribution in [2.75, 3.05) is 0 Å². The van der Waals surface area contributed by atoms with E-state index in [4.69, 9.17) is 0 Å². The van der Waals surface area contributed by atoms with E-state index in [1.165, 1.54) is 0 Å². The van der Waals surface area contributed by atoms with Crippen molar-refractivity contribution in [1.82, 2.24) is 10.9 Å². The normalized spacial score (nSPS) is 11.9. The van der Waals surface area contributed by atoms with E-state index in [0.717, 1.165) is 32.7 Å². The number of hydrogen-bond acceptors (Lipinski definition) is 4. The SMILES string of the molecule is C/C(=N/NC(=O)c1cccc2ccccc12)c1ccc(/C(C)=N\NC(=O)c2cccc3ccccc23)cc1. The van der Waals surface area contributed by atoms with Crippen molar-refractivity contribution in [3.05, 3.63) is 131 Å². The zero-order valence-electron chi connectivity index (χ0n) is 21.1. The third-order valence-electron chi connectivity index (χ3n) is 6.44. The van der Waals surface area contributed by atoms with Crippen LogP contribution in [-0.4, -0.2) is 23.2 Å². The summed E-state index contributed by atoms with van der Waals surface area (Å²) in [5, 5.41) is 12.4. The summed E-state index contributed by atoms with van der Waals surface area (Å²) >= 11 is 0. The average Bonchev–Trinajstić information content (AvgIpc) is 2.97. The highest BCUT2D eigenvalue weighted by Crippen LogP contribution is 2.19. The zero-order chi connectivity index (χ0) is 26.5. The van der Waals surface area contributed by atoms with Crippen LogP contribution in [0.15, 0.2) is 119 Å². The van der Waals surface area contributed by atoms with Gasteiger partial charge in [0.15, 0.2) is 0 Å². The number of hydrazone groups is 2. The molecule has 0 bridgehead atoms. The molecule has 0 fully saturated rings. The van der Waals surface area contributed by atoms with Crippen LogP contribution in [0.3, 0.4) is 0 Å². The van der Waals surface area contributed by atoms with Gasteiger partial charge in [-0.3, -0.25) is 9.59 Å². The van der Waals surface area contributed by atoms with E-state index in [1.807, 2.05) is 111 Å². The van der Waals surface area contributed by atoms with Crippen LogP contribution in [-0.2, 0) is 0 Å². The van der Waals surface area contributed by atoms with Crippen molar-refractivity contribution in [2.45, 2.75) is 13.8 Å². The first-order valence-corrected chi connectivity index (χ1v) is 12.3. The summed E-state index contributed by atoms with van der Waals surface area (Å²) in [5.74, 6) is -0.523. The number of benzene rings is 5. The Hall–Kier alpha value is -5.10. The molecule has 0 heterocycles. The fourth-order valence-corrected chi connectivity index (χ4v) is 4.32. The van der Waals surface area contributed by atoms with Crippen LogP contribution in [0.2, 0.25) is 0 Å². The fourth-order valence-electron chi connectivity index (χ4n) is 4.32. The van der Waals surface area contributed by atoms with Gasteiger partial charge >= 0.3 is 0 Å². The van der Waals surface area contributed by atoms with Crippen molar-refractivity contribution < 1.29 is 9.59 Å². The molecule has 186 valence electrons. The van der Waals surface area contributed by atoms with Crippen molar-refractivity contribution in [1.29, 1.82) is 0 Å². The molecule has 6 heteroatoms. The lowest BCUT2D eigenvalue weighted by molar-refractivity contribution is 0.0948. The predicted molar refractivity (Wildman–Crippen MR) is 154 cm³/mol. The summed E-state index contributed by atoms with van der Waals surface area (Å²) in [5.41, 5.74) is 9.55.